The minimum absolute atomic E-state index is 0.0627. The average molecular weight is 172 g/mol. The summed E-state index contributed by atoms with van der Waals surface area (Å²) < 4.78 is 10.1. The Hall–Kier alpha value is -0.570. The second-order valence-corrected chi connectivity index (χ2v) is 3.51. The molecule has 1 aliphatic rings. The SMILES string of the molecule is CCOC(=O)CC(C)C1(C)CO1. The maximum atomic E-state index is 11.1. The summed E-state index contributed by atoms with van der Waals surface area (Å²) in [4.78, 5) is 11.1. The van der Waals surface area contributed by atoms with E-state index in [2.05, 4.69) is 0 Å². The van der Waals surface area contributed by atoms with Crippen LogP contribution in [-0.4, -0.2) is 24.8 Å². The van der Waals surface area contributed by atoms with Crippen LogP contribution in [0.3, 0.4) is 0 Å². The normalized spacial score (nSPS) is 29.6. The standard InChI is InChI=1S/C9H16O3/c1-4-11-8(10)5-7(2)9(3)6-12-9/h7H,4-6H2,1-3H3. The van der Waals surface area contributed by atoms with Gasteiger partial charge in [0, 0.05) is 0 Å². The van der Waals surface area contributed by atoms with Crippen LogP contribution in [0.5, 0.6) is 0 Å². The van der Waals surface area contributed by atoms with Crippen LogP contribution >= 0.6 is 0 Å². The average Bonchev–Trinajstić information content (AvgIpc) is 2.69. The fourth-order valence-corrected chi connectivity index (χ4v) is 1.08. The van der Waals surface area contributed by atoms with Crippen LogP contribution in [0.4, 0.5) is 0 Å². The molecule has 0 radical (unpaired) electrons. The second kappa shape index (κ2) is 3.44. The van der Waals surface area contributed by atoms with Crippen LogP contribution in [0.2, 0.25) is 0 Å². The Morgan fingerprint density at radius 1 is 1.75 bits per heavy atom. The molecule has 1 heterocycles. The predicted molar refractivity (Wildman–Crippen MR) is 44.8 cm³/mol. The molecule has 0 N–H and O–H groups in total. The Labute approximate surface area is 73.0 Å². The van der Waals surface area contributed by atoms with Gasteiger partial charge in [0.15, 0.2) is 0 Å². The van der Waals surface area contributed by atoms with E-state index in [0.717, 1.165) is 6.61 Å². The van der Waals surface area contributed by atoms with Crippen molar-refractivity contribution in [2.75, 3.05) is 13.2 Å². The Bertz CT molecular complexity index is 173. The smallest absolute Gasteiger partial charge is 0.306 e. The fourth-order valence-electron chi connectivity index (χ4n) is 1.08. The molecule has 0 saturated carbocycles. The third-order valence-electron chi connectivity index (χ3n) is 2.42. The summed E-state index contributed by atoms with van der Waals surface area (Å²) in [6, 6.07) is 0. The van der Waals surface area contributed by atoms with Crippen LogP contribution in [-0.2, 0) is 14.3 Å². The van der Waals surface area contributed by atoms with Gasteiger partial charge in [0.05, 0.1) is 25.2 Å². The lowest BCUT2D eigenvalue weighted by Gasteiger charge is -2.13. The molecule has 12 heavy (non-hydrogen) atoms. The Kier molecular flexibility index (Phi) is 2.73. The third kappa shape index (κ3) is 2.21. The molecule has 1 saturated heterocycles. The molecule has 0 spiro atoms. The first-order valence-corrected chi connectivity index (χ1v) is 4.38. The van der Waals surface area contributed by atoms with Gasteiger partial charge in [-0.1, -0.05) is 6.92 Å². The monoisotopic (exact) mass is 172 g/mol. The maximum Gasteiger partial charge on any atom is 0.306 e. The second-order valence-electron chi connectivity index (χ2n) is 3.51. The molecule has 2 atom stereocenters. The highest BCUT2D eigenvalue weighted by Crippen LogP contribution is 2.36. The number of ether oxygens (including phenoxy) is 2. The number of carbonyl (C=O) groups is 1. The topological polar surface area (TPSA) is 38.8 Å². The molecule has 0 amide bonds. The van der Waals surface area contributed by atoms with Gasteiger partial charge in [0.25, 0.3) is 0 Å². The van der Waals surface area contributed by atoms with Crippen LogP contribution in [0.25, 0.3) is 0 Å². The van der Waals surface area contributed by atoms with E-state index in [1.165, 1.54) is 0 Å². The molecule has 1 aliphatic heterocycles. The Balaban J connectivity index is 2.26. The van der Waals surface area contributed by atoms with E-state index in [1.807, 2.05) is 20.8 Å². The zero-order valence-corrected chi connectivity index (χ0v) is 7.92. The molecule has 0 bridgehead atoms. The van der Waals surface area contributed by atoms with Gasteiger partial charge in [0.2, 0.25) is 0 Å². The molecule has 2 unspecified atom stereocenters. The van der Waals surface area contributed by atoms with E-state index in [1.54, 1.807) is 0 Å². The van der Waals surface area contributed by atoms with Gasteiger partial charge < -0.3 is 9.47 Å². The summed E-state index contributed by atoms with van der Waals surface area (Å²) in [7, 11) is 0. The lowest BCUT2D eigenvalue weighted by molar-refractivity contribution is -0.144. The van der Waals surface area contributed by atoms with E-state index in [9.17, 15) is 4.79 Å². The first kappa shape index (κ1) is 9.52. The summed E-state index contributed by atoms with van der Waals surface area (Å²) in [6.07, 6.45) is 0.463. The number of hydrogen-bond donors (Lipinski definition) is 0. The molecule has 0 aromatic carbocycles. The zero-order valence-electron chi connectivity index (χ0n) is 7.92. The fraction of sp³-hybridized carbons (Fsp3) is 0.889. The molecule has 1 rings (SSSR count). The number of hydrogen-bond acceptors (Lipinski definition) is 3. The van der Waals surface area contributed by atoms with Crippen molar-refractivity contribution in [2.24, 2.45) is 5.92 Å². The Morgan fingerprint density at radius 2 is 2.33 bits per heavy atom. The van der Waals surface area contributed by atoms with Crippen LogP contribution in [0, 0.1) is 5.92 Å². The molecular weight excluding hydrogens is 156 g/mol. The molecule has 70 valence electrons. The predicted octanol–water partition coefficient (Wildman–Crippen LogP) is 1.36. The largest absolute Gasteiger partial charge is 0.466 e. The van der Waals surface area contributed by atoms with Crippen molar-refractivity contribution in [3.63, 3.8) is 0 Å². The molecule has 3 heteroatoms. The minimum atomic E-state index is -0.123. The van der Waals surface area contributed by atoms with E-state index in [0.29, 0.717) is 13.0 Å². The molecular formula is C9H16O3. The van der Waals surface area contributed by atoms with Crippen molar-refractivity contribution in [1.82, 2.24) is 0 Å². The van der Waals surface area contributed by atoms with E-state index in [4.69, 9.17) is 9.47 Å². The van der Waals surface area contributed by atoms with Gasteiger partial charge in [-0.3, -0.25) is 4.79 Å². The third-order valence-corrected chi connectivity index (χ3v) is 2.42. The van der Waals surface area contributed by atoms with Gasteiger partial charge in [-0.25, -0.2) is 0 Å². The lowest BCUT2D eigenvalue weighted by atomic mass is 9.94. The number of esters is 1. The molecule has 3 nitrogen and oxygen atoms in total. The minimum Gasteiger partial charge on any atom is -0.466 e. The van der Waals surface area contributed by atoms with Crippen molar-refractivity contribution in [3.05, 3.63) is 0 Å². The van der Waals surface area contributed by atoms with Gasteiger partial charge >= 0.3 is 5.97 Å². The van der Waals surface area contributed by atoms with Crippen molar-refractivity contribution in [1.29, 1.82) is 0 Å². The summed E-state index contributed by atoms with van der Waals surface area (Å²) in [5.41, 5.74) is -0.0627. The number of epoxide rings is 1. The van der Waals surface area contributed by atoms with Crippen molar-refractivity contribution >= 4 is 5.97 Å². The lowest BCUT2D eigenvalue weighted by Crippen LogP contribution is -2.21. The first-order valence-electron chi connectivity index (χ1n) is 4.38. The van der Waals surface area contributed by atoms with Crippen molar-refractivity contribution in [2.45, 2.75) is 32.8 Å². The highest BCUT2D eigenvalue weighted by Gasteiger charge is 2.45. The highest BCUT2D eigenvalue weighted by atomic mass is 16.6. The van der Waals surface area contributed by atoms with Gasteiger partial charge in [-0.2, -0.15) is 0 Å². The summed E-state index contributed by atoms with van der Waals surface area (Å²) in [5, 5.41) is 0. The summed E-state index contributed by atoms with van der Waals surface area (Å²) >= 11 is 0. The quantitative estimate of drug-likeness (QED) is 0.475. The zero-order chi connectivity index (χ0) is 9.19. The summed E-state index contributed by atoms with van der Waals surface area (Å²) in [6.45, 7) is 7.09. The van der Waals surface area contributed by atoms with E-state index < -0.39 is 0 Å². The molecule has 0 aromatic rings. The van der Waals surface area contributed by atoms with Gasteiger partial charge in [-0.05, 0) is 19.8 Å². The summed E-state index contributed by atoms with van der Waals surface area (Å²) in [5.74, 6) is 0.137. The van der Waals surface area contributed by atoms with Gasteiger partial charge in [-0.15, -0.1) is 0 Å². The van der Waals surface area contributed by atoms with Crippen molar-refractivity contribution in [3.8, 4) is 0 Å². The van der Waals surface area contributed by atoms with E-state index in [-0.39, 0.29) is 17.5 Å². The molecule has 1 fully saturated rings. The first-order chi connectivity index (χ1) is 5.58. The maximum absolute atomic E-state index is 11.1. The number of rotatable bonds is 4. The van der Waals surface area contributed by atoms with E-state index >= 15 is 0 Å². The molecule has 0 aromatic heterocycles. The molecule has 0 aliphatic carbocycles. The van der Waals surface area contributed by atoms with Crippen LogP contribution < -0.4 is 0 Å². The Morgan fingerprint density at radius 3 is 2.75 bits per heavy atom. The van der Waals surface area contributed by atoms with Crippen molar-refractivity contribution < 1.29 is 14.3 Å². The van der Waals surface area contributed by atoms with Crippen LogP contribution in [0.15, 0.2) is 0 Å². The highest BCUT2D eigenvalue weighted by molar-refractivity contribution is 5.69. The van der Waals surface area contributed by atoms with Gasteiger partial charge in [0.1, 0.15) is 0 Å². The van der Waals surface area contributed by atoms with Crippen LogP contribution in [0.1, 0.15) is 27.2 Å². The number of carbonyl (C=O) groups excluding carboxylic acids is 1.